The zero-order valence-corrected chi connectivity index (χ0v) is 21.8. The Bertz CT molecular complexity index is 1030. The van der Waals surface area contributed by atoms with E-state index in [1.54, 1.807) is 33.2 Å². The van der Waals surface area contributed by atoms with E-state index in [1.165, 1.54) is 28.9 Å². The topological polar surface area (TPSA) is 94.0 Å². The van der Waals surface area contributed by atoms with Gasteiger partial charge in [0.25, 0.3) is 5.91 Å². The minimum absolute atomic E-state index is 0.0521. The molecule has 2 amide bonds. The molecule has 0 saturated heterocycles. The Hall–Kier alpha value is -1.75. The molecular formula is C22H26Cl2N4O3S2. The minimum Gasteiger partial charge on any atom is -0.387 e. The average Bonchev–Trinajstić information content (AvgIpc) is 3.06. The molecule has 1 aliphatic heterocycles. The van der Waals surface area contributed by atoms with Gasteiger partial charge in [-0.15, -0.1) is 23.5 Å². The number of carbonyl (C=O) groups is 2. The Labute approximate surface area is 212 Å². The van der Waals surface area contributed by atoms with Crippen molar-refractivity contribution >= 4 is 64.3 Å². The molecule has 0 fully saturated rings. The molecule has 0 spiro atoms. The number of benzene rings is 1. The van der Waals surface area contributed by atoms with Crippen LogP contribution in [0.4, 0.5) is 0 Å². The summed E-state index contributed by atoms with van der Waals surface area (Å²) in [6.07, 6.45) is 2.09. The van der Waals surface area contributed by atoms with Crippen LogP contribution < -0.4 is 10.9 Å². The van der Waals surface area contributed by atoms with Crippen LogP contribution in [0.2, 0.25) is 10.0 Å². The van der Waals surface area contributed by atoms with Crippen molar-refractivity contribution < 1.29 is 14.7 Å². The highest BCUT2D eigenvalue weighted by Gasteiger charge is 2.43. The predicted molar refractivity (Wildman–Crippen MR) is 139 cm³/mol. The lowest BCUT2D eigenvalue weighted by Gasteiger charge is -2.29. The second-order valence-corrected chi connectivity index (χ2v) is 10.6. The number of hydrazine groups is 1. The fourth-order valence-corrected chi connectivity index (χ4v) is 5.11. The van der Waals surface area contributed by atoms with Crippen LogP contribution in [0.5, 0.6) is 0 Å². The summed E-state index contributed by atoms with van der Waals surface area (Å²) in [6.45, 7) is 7.21. The van der Waals surface area contributed by atoms with E-state index in [-0.39, 0.29) is 16.6 Å². The molecule has 2 unspecified atom stereocenters. The van der Waals surface area contributed by atoms with Gasteiger partial charge in [-0.1, -0.05) is 41.9 Å². The van der Waals surface area contributed by atoms with Gasteiger partial charge in [0.05, 0.1) is 31.2 Å². The molecule has 0 aromatic heterocycles. The van der Waals surface area contributed by atoms with E-state index in [0.717, 1.165) is 17.3 Å². The number of aliphatic hydroxyl groups is 1. The van der Waals surface area contributed by atoms with Crippen molar-refractivity contribution in [2.75, 3.05) is 19.8 Å². The Morgan fingerprint density at radius 1 is 1.36 bits per heavy atom. The maximum absolute atomic E-state index is 12.6. The van der Waals surface area contributed by atoms with Crippen molar-refractivity contribution in [2.24, 2.45) is 5.10 Å². The van der Waals surface area contributed by atoms with Crippen molar-refractivity contribution in [3.8, 4) is 0 Å². The summed E-state index contributed by atoms with van der Waals surface area (Å²) in [5.74, 6) is -0.675. The van der Waals surface area contributed by atoms with E-state index < -0.39 is 16.8 Å². The minimum atomic E-state index is -0.882. The molecule has 0 aliphatic carbocycles. The first kappa shape index (κ1) is 27.5. The van der Waals surface area contributed by atoms with Crippen LogP contribution in [0.25, 0.3) is 0 Å². The molecule has 3 N–H and O–H groups in total. The van der Waals surface area contributed by atoms with Crippen LogP contribution in [-0.4, -0.2) is 53.6 Å². The standard InChI is InChI=1S/C22H26Cl2N4O3S2/c1-6-7-18(32-12-19(29)27-28(4)5)21(31)26-25-13(2)15-11-33-22(3,20(15)30)14-8-9-16(23)17(24)10-14/h6-11,20,30H,1,12H2,2-5H3,(H,26,31)(H,27,29)/b18-7-,25-13+. The number of rotatable bonds is 9. The molecule has 0 bridgehead atoms. The number of thioether (sulfide) groups is 2. The molecule has 7 nitrogen and oxygen atoms in total. The quantitative estimate of drug-likeness (QED) is 0.193. The van der Waals surface area contributed by atoms with Gasteiger partial charge in [0.1, 0.15) is 6.10 Å². The SMILES string of the molecule is C=C/C=C(\SCC(=O)NN(C)C)C(=O)N/N=C(\C)C1=CSC(C)(c2ccc(Cl)c(Cl)c2)C1O. The average molecular weight is 530 g/mol. The monoisotopic (exact) mass is 528 g/mol. The van der Waals surface area contributed by atoms with Crippen LogP contribution >= 0.6 is 46.7 Å². The number of hydrogen-bond acceptors (Lipinski definition) is 7. The van der Waals surface area contributed by atoms with Crippen molar-refractivity contribution in [2.45, 2.75) is 24.7 Å². The van der Waals surface area contributed by atoms with E-state index >= 15 is 0 Å². The molecule has 1 heterocycles. The van der Waals surface area contributed by atoms with E-state index in [4.69, 9.17) is 23.2 Å². The molecule has 1 aliphatic rings. The zero-order valence-electron chi connectivity index (χ0n) is 18.7. The van der Waals surface area contributed by atoms with Crippen molar-refractivity contribution in [1.82, 2.24) is 15.9 Å². The first-order valence-corrected chi connectivity index (χ1v) is 12.4. The number of aliphatic hydroxyl groups excluding tert-OH is 1. The fourth-order valence-electron chi connectivity index (χ4n) is 2.90. The highest BCUT2D eigenvalue weighted by Crippen LogP contribution is 2.49. The second kappa shape index (κ2) is 12.1. The van der Waals surface area contributed by atoms with Crippen LogP contribution in [-0.2, 0) is 14.3 Å². The largest absolute Gasteiger partial charge is 0.387 e. The fraction of sp³-hybridized carbons (Fsp3) is 0.318. The maximum Gasteiger partial charge on any atom is 0.277 e. The summed E-state index contributed by atoms with van der Waals surface area (Å²) in [4.78, 5) is 24.7. The number of hydrogen-bond donors (Lipinski definition) is 3. The van der Waals surface area contributed by atoms with Crippen molar-refractivity contribution in [3.05, 3.63) is 68.4 Å². The van der Waals surface area contributed by atoms with E-state index in [0.29, 0.717) is 21.3 Å². The van der Waals surface area contributed by atoms with Gasteiger partial charge < -0.3 is 5.11 Å². The highest BCUT2D eigenvalue weighted by atomic mass is 35.5. The van der Waals surface area contributed by atoms with Crippen LogP contribution in [0.1, 0.15) is 19.4 Å². The third-order valence-electron chi connectivity index (χ3n) is 4.68. The van der Waals surface area contributed by atoms with Gasteiger partial charge in [0.2, 0.25) is 5.91 Å². The predicted octanol–water partition coefficient (Wildman–Crippen LogP) is 4.09. The Balaban J connectivity index is 2.07. The molecule has 178 valence electrons. The molecule has 11 heteroatoms. The molecule has 1 aromatic rings. The smallest absolute Gasteiger partial charge is 0.277 e. The van der Waals surface area contributed by atoms with Gasteiger partial charge in [-0.3, -0.25) is 15.0 Å². The number of nitrogens with zero attached hydrogens (tertiary/aromatic N) is 2. The summed E-state index contributed by atoms with van der Waals surface area (Å²) in [6, 6.07) is 5.26. The maximum atomic E-state index is 12.6. The molecule has 2 atom stereocenters. The summed E-state index contributed by atoms with van der Waals surface area (Å²) >= 11 is 14.7. The molecular weight excluding hydrogens is 503 g/mol. The number of amides is 2. The van der Waals surface area contributed by atoms with Crippen molar-refractivity contribution in [1.29, 1.82) is 0 Å². The number of halogens is 2. The Morgan fingerprint density at radius 2 is 2.06 bits per heavy atom. The van der Waals surface area contributed by atoms with Gasteiger partial charge in [-0.05, 0) is 43.0 Å². The number of hydrazone groups is 1. The third-order valence-corrected chi connectivity index (χ3v) is 7.78. The van der Waals surface area contributed by atoms with Crippen LogP contribution in [0.15, 0.2) is 57.9 Å². The normalized spacial score (nSPS) is 21.1. The number of carbonyl (C=O) groups excluding carboxylic acids is 2. The van der Waals surface area contributed by atoms with Gasteiger partial charge in [-0.25, -0.2) is 10.4 Å². The van der Waals surface area contributed by atoms with Gasteiger partial charge in [0.15, 0.2) is 0 Å². The second-order valence-electron chi connectivity index (χ2n) is 7.45. The first-order valence-electron chi connectivity index (χ1n) is 9.78. The van der Waals surface area contributed by atoms with E-state index in [9.17, 15) is 14.7 Å². The van der Waals surface area contributed by atoms with Crippen LogP contribution in [0, 0.1) is 0 Å². The third kappa shape index (κ3) is 7.11. The lowest BCUT2D eigenvalue weighted by Crippen LogP contribution is -2.37. The molecule has 1 aromatic carbocycles. The summed E-state index contributed by atoms with van der Waals surface area (Å²) in [7, 11) is 3.40. The zero-order chi connectivity index (χ0) is 24.8. The summed E-state index contributed by atoms with van der Waals surface area (Å²) < 4.78 is -0.687. The number of nitrogens with one attached hydrogen (secondary N) is 2. The van der Waals surface area contributed by atoms with Gasteiger partial charge in [-0.2, -0.15) is 5.10 Å². The van der Waals surface area contributed by atoms with Gasteiger partial charge in [0, 0.05) is 19.7 Å². The Kier molecular flexibility index (Phi) is 10.1. The summed E-state index contributed by atoms with van der Waals surface area (Å²) in [5.41, 5.74) is 6.95. The molecule has 33 heavy (non-hydrogen) atoms. The van der Waals surface area contributed by atoms with Crippen LogP contribution in [0.3, 0.4) is 0 Å². The summed E-state index contributed by atoms with van der Waals surface area (Å²) in [5, 5.41) is 19.4. The van der Waals surface area contributed by atoms with E-state index in [1.807, 2.05) is 18.4 Å². The number of allylic oxidation sites excluding steroid dienone is 2. The highest BCUT2D eigenvalue weighted by molar-refractivity contribution is 8.04. The first-order chi connectivity index (χ1) is 15.5. The Morgan fingerprint density at radius 3 is 2.67 bits per heavy atom. The molecule has 0 saturated carbocycles. The lowest BCUT2D eigenvalue weighted by atomic mass is 9.89. The molecule has 0 radical (unpaired) electrons. The van der Waals surface area contributed by atoms with Gasteiger partial charge >= 0.3 is 0 Å². The lowest BCUT2D eigenvalue weighted by molar-refractivity contribution is -0.122. The van der Waals surface area contributed by atoms with E-state index in [2.05, 4.69) is 22.5 Å². The molecule has 2 rings (SSSR count). The van der Waals surface area contributed by atoms with Crippen molar-refractivity contribution in [3.63, 3.8) is 0 Å².